The van der Waals surface area contributed by atoms with Crippen LogP contribution in [0.3, 0.4) is 0 Å². The Morgan fingerprint density at radius 3 is 2.24 bits per heavy atom. The number of hydrogen-bond donors (Lipinski definition) is 1. The van der Waals surface area contributed by atoms with Gasteiger partial charge in [0.05, 0.1) is 22.8 Å². The van der Waals surface area contributed by atoms with E-state index in [-0.39, 0.29) is 16.3 Å². The van der Waals surface area contributed by atoms with Gasteiger partial charge in [-0.15, -0.1) is 0 Å². The van der Waals surface area contributed by atoms with Gasteiger partial charge in [-0.05, 0) is 61.5 Å². The van der Waals surface area contributed by atoms with Crippen LogP contribution in [0.2, 0.25) is 0 Å². The maximum absolute atomic E-state index is 13.3. The molecule has 33 heavy (non-hydrogen) atoms. The number of alkyl halides is 3. The molecule has 0 aliphatic carbocycles. The Balaban J connectivity index is 1.91. The molecular formula is C23H21F3N2O4S. The summed E-state index contributed by atoms with van der Waals surface area (Å²) in [6, 6.07) is 17.7. The van der Waals surface area contributed by atoms with Crippen molar-refractivity contribution in [2.75, 3.05) is 22.8 Å². The van der Waals surface area contributed by atoms with Crippen molar-refractivity contribution in [2.45, 2.75) is 18.0 Å². The van der Waals surface area contributed by atoms with E-state index in [1.165, 1.54) is 30.3 Å². The van der Waals surface area contributed by atoms with E-state index < -0.39 is 34.2 Å². The molecule has 3 aromatic carbocycles. The lowest BCUT2D eigenvalue weighted by Crippen LogP contribution is -2.38. The number of carbonyl (C=O) groups excluding carboxylic acids is 1. The number of carbonyl (C=O) groups is 1. The number of ether oxygens (including phenoxy) is 1. The second kappa shape index (κ2) is 9.95. The Morgan fingerprint density at radius 2 is 1.64 bits per heavy atom. The number of anilines is 2. The summed E-state index contributed by atoms with van der Waals surface area (Å²) < 4.78 is 71.7. The molecule has 0 fully saturated rings. The molecule has 0 atom stereocenters. The highest BCUT2D eigenvalue weighted by molar-refractivity contribution is 7.92. The molecule has 3 rings (SSSR count). The van der Waals surface area contributed by atoms with Gasteiger partial charge in [0.25, 0.3) is 10.0 Å². The molecule has 0 heterocycles. The molecule has 1 N–H and O–H groups in total. The van der Waals surface area contributed by atoms with E-state index in [0.29, 0.717) is 12.4 Å². The van der Waals surface area contributed by atoms with E-state index in [1.807, 2.05) is 0 Å². The first-order valence-electron chi connectivity index (χ1n) is 9.89. The van der Waals surface area contributed by atoms with Crippen molar-refractivity contribution in [3.8, 4) is 5.75 Å². The number of rotatable bonds is 8. The number of nitrogens with one attached hydrogen (secondary N) is 1. The molecule has 0 saturated carbocycles. The summed E-state index contributed by atoms with van der Waals surface area (Å²) in [5, 5.41) is 2.34. The fourth-order valence-electron chi connectivity index (χ4n) is 3.01. The predicted molar refractivity (Wildman–Crippen MR) is 119 cm³/mol. The van der Waals surface area contributed by atoms with Gasteiger partial charge in [0, 0.05) is 5.69 Å². The third-order valence-electron chi connectivity index (χ3n) is 4.53. The van der Waals surface area contributed by atoms with E-state index in [1.54, 1.807) is 37.3 Å². The minimum atomic E-state index is -4.58. The van der Waals surface area contributed by atoms with Gasteiger partial charge in [-0.2, -0.15) is 13.2 Å². The summed E-state index contributed by atoms with van der Waals surface area (Å²) in [4.78, 5) is 12.6. The van der Waals surface area contributed by atoms with Crippen LogP contribution in [0.1, 0.15) is 12.5 Å². The van der Waals surface area contributed by atoms with E-state index in [9.17, 15) is 26.4 Å². The Kier molecular flexibility index (Phi) is 7.27. The third-order valence-corrected chi connectivity index (χ3v) is 6.32. The smallest absolute Gasteiger partial charge is 0.416 e. The first kappa shape index (κ1) is 24.1. The quantitative estimate of drug-likeness (QED) is 0.498. The summed E-state index contributed by atoms with van der Waals surface area (Å²) in [6.07, 6.45) is -4.58. The van der Waals surface area contributed by atoms with E-state index in [0.717, 1.165) is 22.5 Å². The first-order chi connectivity index (χ1) is 15.6. The van der Waals surface area contributed by atoms with Crippen LogP contribution in [0.25, 0.3) is 0 Å². The van der Waals surface area contributed by atoms with Crippen LogP contribution in [-0.2, 0) is 21.0 Å². The number of amides is 1. The van der Waals surface area contributed by atoms with Crippen LogP contribution in [0.4, 0.5) is 24.5 Å². The monoisotopic (exact) mass is 478 g/mol. The zero-order chi connectivity index (χ0) is 24.1. The number of benzene rings is 3. The Morgan fingerprint density at radius 1 is 0.970 bits per heavy atom. The van der Waals surface area contributed by atoms with Crippen LogP contribution in [0, 0.1) is 0 Å². The zero-order valence-electron chi connectivity index (χ0n) is 17.5. The van der Waals surface area contributed by atoms with Crippen molar-refractivity contribution in [1.29, 1.82) is 0 Å². The molecule has 0 aliphatic rings. The largest absolute Gasteiger partial charge is 0.494 e. The summed E-state index contributed by atoms with van der Waals surface area (Å²) in [6.45, 7) is 1.57. The van der Waals surface area contributed by atoms with Crippen molar-refractivity contribution in [3.63, 3.8) is 0 Å². The number of halogens is 3. The second-order valence-corrected chi connectivity index (χ2v) is 8.74. The van der Waals surface area contributed by atoms with Crippen molar-refractivity contribution >= 4 is 27.3 Å². The topological polar surface area (TPSA) is 75.7 Å². The molecule has 0 aromatic heterocycles. The molecule has 0 spiro atoms. The molecule has 0 unspecified atom stereocenters. The minimum absolute atomic E-state index is 0.0363. The van der Waals surface area contributed by atoms with E-state index in [4.69, 9.17) is 4.74 Å². The van der Waals surface area contributed by atoms with Crippen molar-refractivity contribution in [2.24, 2.45) is 0 Å². The summed E-state index contributed by atoms with van der Waals surface area (Å²) in [5.41, 5.74) is -0.833. The normalized spacial score (nSPS) is 11.6. The second-order valence-electron chi connectivity index (χ2n) is 6.88. The lowest BCUT2D eigenvalue weighted by molar-refractivity contribution is -0.137. The summed E-state index contributed by atoms with van der Waals surface area (Å²) >= 11 is 0. The molecule has 0 bridgehead atoms. The SMILES string of the molecule is CCOc1ccc(N(CC(=O)Nc2cccc(C(F)(F)F)c2)S(=O)(=O)c2ccccc2)cc1. The zero-order valence-corrected chi connectivity index (χ0v) is 18.4. The minimum Gasteiger partial charge on any atom is -0.494 e. The van der Waals surface area contributed by atoms with Crippen LogP contribution in [-0.4, -0.2) is 27.5 Å². The number of sulfonamides is 1. The standard InChI is InChI=1S/C23H21F3N2O4S/c1-2-32-20-13-11-19(12-14-20)28(33(30,31)21-9-4-3-5-10-21)16-22(29)27-18-8-6-7-17(15-18)23(24,25)26/h3-15H,2,16H2,1H3,(H,27,29). The highest BCUT2D eigenvalue weighted by Crippen LogP contribution is 2.31. The Labute approximate surface area is 189 Å². The van der Waals surface area contributed by atoms with Gasteiger partial charge in [0.15, 0.2) is 0 Å². The van der Waals surface area contributed by atoms with Gasteiger partial charge in [0.2, 0.25) is 5.91 Å². The molecule has 0 saturated heterocycles. The van der Waals surface area contributed by atoms with E-state index in [2.05, 4.69) is 5.32 Å². The molecule has 3 aromatic rings. The van der Waals surface area contributed by atoms with E-state index >= 15 is 0 Å². The van der Waals surface area contributed by atoms with Gasteiger partial charge < -0.3 is 10.1 Å². The summed E-state index contributed by atoms with van der Waals surface area (Å²) in [7, 11) is -4.15. The fourth-order valence-corrected chi connectivity index (χ4v) is 4.46. The highest BCUT2D eigenvalue weighted by Gasteiger charge is 2.31. The molecule has 0 radical (unpaired) electrons. The molecular weight excluding hydrogens is 457 g/mol. The number of nitrogens with zero attached hydrogens (tertiary/aromatic N) is 1. The van der Waals surface area contributed by atoms with Crippen LogP contribution < -0.4 is 14.4 Å². The first-order valence-corrected chi connectivity index (χ1v) is 11.3. The van der Waals surface area contributed by atoms with Gasteiger partial charge in [0.1, 0.15) is 12.3 Å². The lowest BCUT2D eigenvalue weighted by Gasteiger charge is -2.24. The van der Waals surface area contributed by atoms with Crippen LogP contribution >= 0.6 is 0 Å². The summed E-state index contributed by atoms with van der Waals surface area (Å²) in [5.74, 6) is -0.283. The van der Waals surface area contributed by atoms with Crippen LogP contribution in [0.5, 0.6) is 5.75 Å². The fraction of sp³-hybridized carbons (Fsp3) is 0.174. The third kappa shape index (κ3) is 6.04. The van der Waals surface area contributed by atoms with Crippen molar-refractivity contribution in [3.05, 3.63) is 84.4 Å². The molecule has 10 heteroatoms. The van der Waals surface area contributed by atoms with Crippen LogP contribution in [0.15, 0.2) is 83.8 Å². The molecule has 0 aliphatic heterocycles. The van der Waals surface area contributed by atoms with Gasteiger partial charge >= 0.3 is 6.18 Å². The predicted octanol–water partition coefficient (Wildman–Crippen LogP) is 4.94. The molecule has 174 valence electrons. The Bertz CT molecular complexity index is 1200. The van der Waals surface area contributed by atoms with Gasteiger partial charge in [-0.3, -0.25) is 9.10 Å². The average Bonchev–Trinajstić information content (AvgIpc) is 2.78. The maximum atomic E-state index is 13.3. The van der Waals surface area contributed by atoms with Crippen molar-refractivity contribution < 1.29 is 31.1 Å². The molecule has 6 nitrogen and oxygen atoms in total. The maximum Gasteiger partial charge on any atom is 0.416 e. The van der Waals surface area contributed by atoms with Crippen molar-refractivity contribution in [1.82, 2.24) is 0 Å². The number of hydrogen-bond acceptors (Lipinski definition) is 4. The molecule has 1 amide bonds. The Hall–Kier alpha value is -3.53. The lowest BCUT2D eigenvalue weighted by atomic mass is 10.2. The van der Waals surface area contributed by atoms with Gasteiger partial charge in [-0.1, -0.05) is 24.3 Å². The average molecular weight is 478 g/mol. The van der Waals surface area contributed by atoms with Gasteiger partial charge in [-0.25, -0.2) is 8.42 Å². The highest BCUT2D eigenvalue weighted by atomic mass is 32.2.